The van der Waals surface area contributed by atoms with Crippen LogP contribution in [0.4, 0.5) is 0 Å². The largest absolute Gasteiger partial charge is 0.496 e. The molecule has 1 radical (unpaired) electrons. The van der Waals surface area contributed by atoms with E-state index in [9.17, 15) is 4.79 Å². The molecule has 0 saturated heterocycles. The normalized spacial score (nSPS) is 13.2. The number of halogens is 1. The molecule has 0 fully saturated rings. The molecular formula is C16H19ClNO2Si. The van der Waals surface area contributed by atoms with Crippen molar-refractivity contribution in [3.63, 3.8) is 0 Å². The third kappa shape index (κ3) is 3.46. The first-order valence-electron chi connectivity index (χ1n) is 6.78. The first kappa shape index (κ1) is 16.0. The Hall–Kier alpha value is -1.36. The molecule has 0 aliphatic carbocycles. The quantitative estimate of drug-likeness (QED) is 0.844. The second-order valence-electron chi connectivity index (χ2n) is 5.97. The minimum Gasteiger partial charge on any atom is -0.496 e. The van der Waals surface area contributed by atoms with Crippen LogP contribution in [0.25, 0.3) is 10.8 Å². The van der Waals surface area contributed by atoms with Gasteiger partial charge in [-0.25, -0.2) is 0 Å². The summed E-state index contributed by atoms with van der Waals surface area (Å²) in [5.74, 6) is 0.769. The fourth-order valence-corrected chi connectivity index (χ4v) is 3.73. The molecule has 2 aromatic rings. The predicted octanol–water partition coefficient (Wildman–Crippen LogP) is 4.08. The highest BCUT2D eigenvalue weighted by Crippen LogP contribution is 2.35. The number of rotatable bonds is 5. The average Bonchev–Trinajstić information content (AvgIpc) is 2.44. The van der Waals surface area contributed by atoms with Gasteiger partial charge < -0.3 is 9.72 Å². The van der Waals surface area contributed by atoms with Crippen LogP contribution in [0.1, 0.15) is 11.6 Å². The van der Waals surface area contributed by atoms with Gasteiger partial charge in [0.1, 0.15) is 14.0 Å². The van der Waals surface area contributed by atoms with Crippen LogP contribution in [-0.2, 0) is 4.79 Å². The van der Waals surface area contributed by atoms with E-state index in [0.717, 1.165) is 22.1 Å². The minimum atomic E-state index is -1.63. The maximum absolute atomic E-state index is 11.3. The van der Waals surface area contributed by atoms with Crippen LogP contribution < -0.4 is 9.72 Å². The van der Waals surface area contributed by atoms with Gasteiger partial charge in [-0.15, -0.1) is 0 Å². The summed E-state index contributed by atoms with van der Waals surface area (Å²) in [5, 5.41) is 2.39. The molecule has 0 saturated carbocycles. The number of hydrogen-bond donors (Lipinski definition) is 1. The molecule has 21 heavy (non-hydrogen) atoms. The van der Waals surface area contributed by atoms with Gasteiger partial charge in [0.2, 0.25) is 6.29 Å². The molecule has 0 amide bonds. The van der Waals surface area contributed by atoms with Gasteiger partial charge in [0.05, 0.1) is 18.2 Å². The van der Waals surface area contributed by atoms with E-state index < -0.39 is 14.3 Å². The number of ether oxygens (including phenoxy) is 1. The van der Waals surface area contributed by atoms with Crippen LogP contribution in [0, 0.1) is 0 Å². The van der Waals surface area contributed by atoms with Gasteiger partial charge in [0, 0.05) is 10.8 Å². The summed E-state index contributed by atoms with van der Waals surface area (Å²) in [5.41, 5.74) is 0.759. The molecule has 1 unspecified atom stereocenters. The lowest BCUT2D eigenvalue weighted by molar-refractivity contribution is 0.420. The summed E-state index contributed by atoms with van der Waals surface area (Å²) < 4.78 is 5.34. The van der Waals surface area contributed by atoms with Gasteiger partial charge in [-0.1, -0.05) is 55.5 Å². The molecule has 111 valence electrons. The highest BCUT2D eigenvalue weighted by atomic mass is 35.5. The van der Waals surface area contributed by atoms with Gasteiger partial charge in [0.15, 0.2) is 0 Å². The van der Waals surface area contributed by atoms with Crippen LogP contribution >= 0.6 is 11.6 Å². The van der Waals surface area contributed by atoms with Crippen LogP contribution in [-0.4, -0.2) is 21.6 Å². The zero-order chi connectivity index (χ0) is 15.6. The molecule has 0 bridgehead atoms. The number of benzene rings is 2. The van der Waals surface area contributed by atoms with Crippen molar-refractivity contribution in [1.82, 2.24) is 4.98 Å². The van der Waals surface area contributed by atoms with E-state index in [1.54, 1.807) is 7.11 Å². The number of methoxy groups -OCH3 is 1. The summed E-state index contributed by atoms with van der Waals surface area (Å²) in [6, 6.07) is 9.02. The molecule has 0 aromatic heterocycles. The first-order valence-corrected chi connectivity index (χ1v) is 10.7. The first-order chi connectivity index (χ1) is 9.87. The van der Waals surface area contributed by atoms with Crippen molar-refractivity contribution >= 4 is 36.9 Å². The molecule has 0 aliphatic heterocycles. The molecule has 2 aromatic carbocycles. The molecule has 0 aliphatic rings. The zero-order valence-electron chi connectivity index (χ0n) is 12.7. The van der Waals surface area contributed by atoms with E-state index in [-0.39, 0.29) is 0 Å². The van der Waals surface area contributed by atoms with Gasteiger partial charge in [-0.2, -0.15) is 0 Å². The lowest BCUT2D eigenvalue weighted by Crippen LogP contribution is -2.44. The standard InChI is InChI=1S/C16H19ClNO2Si/c1-20-15-7-5-6-12-11(15)8-9-13(16(12)17)14(10-19)18-21(2,3)4/h5-9,14,18H,1-4H3. The molecule has 0 heterocycles. The Labute approximate surface area is 131 Å². The molecule has 2 rings (SSSR count). The summed E-state index contributed by atoms with van der Waals surface area (Å²) in [7, 11) is 0.00220. The molecule has 5 heteroatoms. The van der Waals surface area contributed by atoms with Crippen molar-refractivity contribution in [3.05, 3.63) is 40.9 Å². The average molecular weight is 321 g/mol. The number of fused-ring (bicyclic) bond motifs is 1. The summed E-state index contributed by atoms with van der Waals surface area (Å²) in [6.45, 7) is 6.40. The topological polar surface area (TPSA) is 38.3 Å². The highest BCUT2D eigenvalue weighted by molar-refractivity contribution is 6.73. The van der Waals surface area contributed by atoms with Gasteiger partial charge in [0.25, 0.3) is 0 Å². The third-order valence-electron chi connectivity index (χ3n) is 3.21. The summed E-state index contributed by atoms with van der Waals surface area (Å²) in [4.78, 5) is 14.7. The Balaban J connectivity index is 2.55. The second-order valence-corrected chi connectivity index (χ2v) is 11.1. The molecule has 3 nitrogen and oxygen atoms in total. The molecular weight excluding hydrogens is 302 g/mol. The highest BCUT2D eigenvalue weighted by Gasteiger charge is 2.23. The Bertz CT molecular complexity index is 667. The van der Waals surface area contributed by atoms with Crippen LogP contribution in [0.15, 0.2) is 30.3 Å². The Kier molecular flexibility index (Phi) is 4.71. The molecule has 0 spiro atoms. The Morgan fingerprint density at radius 2 is 1.90 bits per heavy atom. The summed E-state index contributed by atoms with van der Waals surface area (Å²) in [6.07, 6.45) is 2.07. The fourth-order valence-electron chi connectivity index (χ4n) is 2.31. The fraction of sp³-hybridized carbons (Fsp3) is 0.312. The Morgan fingerprint density at radius 1 is 1.19 bits per heavy atom. The smallest absolute Gasteiger partial charge is 0.221 e. The Morgan fingerprint density at radius 3 is 2.48 bits per heavy atom. The van der Waals surface area contributed by atoms with E-state index >= 15 is 0 Å². The second kappa shape index (κ2) is 6.18. The van der Waals surface area contributed by atoms with E-state index in [2.05, 4.69) is 30.9 Å². The monoisotopic (exact) mass is 320 g/mol. The lowest BCUT2D eigenvalue weighted by Gasteiger charge is -2.24. The minimum absolute atomic E-state index is 0.500. The van der Waals surface area contributed by atoms with Crippen molar-refractivity contribution in [2.24, 2.45) is 0 Å². The van der Waals surface area contributed by atoms with Crippen molar-refractivity contribution < 1.29 is 9.53 Å². The number of carbonyl (C=O) groups excluding carboxylic acids is 1. The third-order valence-corrected chi connectivity index (χ3v) is 4.79. The predicted molar refractivity (Wildman–Crippen MR) is 90.4 cm³/mol. The van der Waals surface area contributed by atoms with Gasteiger partial charge in [-0.3, -0.25) is 4.79 Å². The zero-order valence-corrected chi connectivity index (χ0v) is 14.4. The number of hydrogen-bond acceptors (Lipinski definition) is 3. The summed E-state index contributed by atoms with van der Waals surface area (Å²) >= 11 is 6.51. The van der Waals surface area contributed by atoms with Crippen LogP contribution in [0.5, 0.6) is 5.75 Å². The molecule has 1 N–H and O–H groups in total. The maximum Gasteiger partial charge on any atom is 0.221 e. The van der Waals surface area contributed by atoms with Crippen LogP contribution in [0.2, 0.25) is 24.7 Å². The van der Waals surface area contributed by atoms with Gasteiger partial charge in [-0.05, 0) is 11.6 Å². The van der Waals surface area contributed by atoms with Crippen molar-refractivity contribution in [2.45, 2.75) is 25.7 Å². The maximum atomic E-state index is 11.3. The van der Waals surface area contributed by atoms with E-state index in [1.165, 1.54) is 0 Å². The van der Waals surface area contributed by atoms with Gasteiger partial charge >= 0.3 is 0 Å². The number of nitrogens with one attached hydrogen (secondary N) is 1. The van der Waals surface area contributed by atoms with Crippen molar-refractivity contribution in [2.75, 3.05) is 7.11 Å². The van der Waals surface area contributed by atoms with Crippen molar-refractivity contribution in [1.29, 1.82) is 0 Å². The van der Waals surface area contributed by atoms with E-state index in [1.807, 2.05) is 30.3 Å². The lowest BCUT2D eigenvalue weighted by atomic mass is 10.0. The van der Waals surface area contributed by atoms with E-state index in [4.69, 9.17) is 16.3 Å². The molecule has 1 atom stereocenters. The SMILES string of the molecule is COc1cccc2c(Cl)c(C([C]=O)N[Si](C)(C)C)ccc12. The van der Waals surface area contributed by atoms with Crippen molar-refractivity contribution in [3.8, 4) is 5.75 Å². The van der Waals surface area contributed by atoms with E-state index in [0.29, 0.717) is 5.02 Å². The van der Waals surface area contributed by atoms with Crippen LogP contribution in [0.3, 0.4) is 0 Å².